The molecule has 0 bridgehead atoms. The molecule has 0 radical (unpaired) electrons. The van der Waals surface area contributed by atoms with Crippen molar-refractivity contribution in [2.45, 2.75) is 46.5 Å². The van der Waals surface area contributed by atoms with Crippen molar-refractivity contribution >= 4 is 41.3 Å². The highest BCUT2D eigenvalue weighted by Gasteiger charge is 2.06. The van der Waals surface area contributed by atoms with Gasteiger partial charge in [-0.1, -0.05) is 26.8 Å². The van der Waals surface area contributed by atoms with Crippen molar-refractivity contribution in [2.24, 2.45) is 4.99 Å². The normalized spacial score (nSPS) is 12.8. The summed E-state index contributed by atoms with van der Waals surface area (Å²) in [7, 11) is 0. The van der Waals surface area contributed by atoms with E-state index in [1.54, 1.807) is 0 Å². The minimum absolute atomic E-state index is 0. The molecule has 0 aliphatic rings. The Bertz CT molecular complexity index is 419. The number of hydrogen-bond donors (Lipinski definition) is 2. The van der Waals surface area contributed by atoms with Crippen LogP contribution >= 0.6 is 35.3 Å². The Morgan fingerprint density at radius 3 is 2.54 bits per heavy atom. The molecule has 1 aromatic rings. The van der Waals surface area contributed by atoms with Crippen molar-refractivity contribution < 1.29 is 0 Å². The van der Waals surface area contributed by atoms with E-state index in [4.69, 9.17) is 4.99 Å². The molecule has 1 unspecified atom stereocenters. The van der Waals surface area contributed by atoms with Gasteiger partial charge in [-0.25, -0.2) is 0 Å². The molecule has 1 aromatic heterocycles. The van der Waals surface area contributed by atoms with Crippen molar-refractivity contribution in [3.8, 4) is 0 Å². The Morgan fingerprint density at radius 1 is 1.21 bits per heavy atom. The average molecular weight is 466 g/mol. The zero-order valence-electron chi connectivity index (χ0n) is 15.7. The van der Waals surface area contributed by atoms with E-state index in [9.17, 15) is 0 Å². The fourth-order valence-electron chi connectivity index (χ4n) is 2.44. The van der Waals surface area contributed by atoms with Gasteiger partial charge < -0.3 is 15.5 Å². The van der Waals surface area contributed by atoms with Crippen LogP contribution in [0.15, 0.2) is 22.5 Å². The number of hydrogen-bond acceptors (Lipinski definition) is 3. The van der Waals surface area contributed by atoms with Crippen molar-refractivity contribution in [2.75, 3.05) is 39.3 Å². The van der Waals surface area contributed by atoms with Crippen LogP contribution in [0.1, 0.15) is 51.3 Å². The topological polar surface area (TPSA) is 39.7 Å². The van der Waals surface area contributed by atoms with Crippen molar-refractivity contribution in [3.05, 3.63) is 22.4 Å². The summed E-state index contributed by atoms with van der Waals surface area (Å²) < 4.78 is 0. The summed E-state index contributed by atoms with van der Waals surface area (Å²) in [6.07, 6.45) is 2.42. The third kappa shape index (κ3) is 9.84. The quantitative estimate of drug-likeness (QED) is 0.223. The predicted molar refractivity (Wildman–Crippen MR) is 119 cm³/mol. The fraction of sp³-hybridized carbons (Fsp3) is 0.722. The SMILES string of the molecule is CCNC(=NCC(C)c1cccs1)NCCCCN(CC)CC.I. The molecular formula is C18H35IN4S. The number of thiophene rings is 1. The smallest absolute Gasteiger partial charge is 0.191 e. The van der Waals surface area contributed by atoms with Crippen LogP contribution in [0.4, 0.5) is 0 Å². The second-order valence-corrected chi connectivity index (χ2v) is 6.78. The number of unbranched alkanes of at least 4 members (excludes halogenated alkanes) is 1. The molecule has 0 fully saturated rings. The first-order valence-electron chi connectivity index (χ1n) is 8.99. The summed E-state index contributed by atoms with van der Waals surface area (Å²) in [5.74, 6) is 1.42. The molecule has 6 heteroatoms. The molecule has 0 spiro atoms. The lowest BCUT2D eigenvalue weighted by atomic mass is 10.1. The van der Waals surface area contributed by atoms with Crippen LogP contribution in [0.5, 0.6) is 0 Å². The fourth-order valence-corrected chi connectivity index (χ4v) is 3.22. The van der Waals surface area contributed by atoms with Gasteiger partial charge in [0, 0.05) is 23.9 Å². The van der Waals surface area contributed by atoms with Gasteiger partial charge in [0.2, 0.25) is 0 Å². The molecule has 0 aliphatic heterocycles. The molecule has 24 heavy (non-hydrogen) atoms. The predicted octanol–water partition coefficient (Wildman–Crippen LogP) is 4.15. The zero-order valence-corrected chi connectivity index (χ0v) is 18.8. The Balaban J connectivity index is 0.00000529. The highest BCUT2D eigenvalue weighted by Crippen LogP contribution is 2.20. The van der Waals surface area contributed by atoms with Crippen LogP contribution in [0.25, 0.3) is 0 Å². The minimum atomic E-state index is 0. The standard InChI is InChI=1S/C18H34N4S.HI/c1-5-19-18(20-12-8-9-13-22(6-2)7-3)21-15-16(4)17-11-10-14-23-17;/h10-11,14,16H,5-9,12-13,15H2,1-4H3,(H2,19,20,21);1H. The molecule has 1 heterocycles. The van der Waals surface area contributed by atoms with Crippen LogP contribution in [0.3, 0.4) is 0 Å². The van der Waals surface area contributed by atoms with Crippen LogP contribution < -0.4 is 10.6 Å². The van der Waals surface area contributed by atoms with E-state index in [2.05, 4.69) is 60.7 Å². The molecule has 0 saturated carbocycles. The van der Waals surface area contributed by atoms with Gasteiger partial charge in [0.1, 0.15) is 0 Å². The average Bonchev–Trinajstić information content (AvgIpc) is 3.10. The van der Waals surface area contributed by atoms with Crippen LogP contribution in [0.2, 0.25) is 0 Å². The van der Waals surface area contributed by atoms with Gasteiger partial charge in [0.15, 0.2) is 5.96 Å². The van der Waals surface area contributed by atoms with Crippen molar-refractivity contribution in [1.82, 2.24) is 15.5 Å². The molecule has 0 saturated heterocycles. The number of guanidine groups is 1. The Labute approximate surface area is 169 Å². The number of rotatable bonds is 11. The molecule has 2 N–H and O–H groups in total. The van der Waals surface area contributed by atoms with Gasteiger partial charge in [-0.15, -0.1) is 35.3 Å². The van der Waals surface area contributed by atoms with Gasteiger partial charge in [-0.3, -0.25) is 4.99 Å². The molecule has 1 rings (SSSR count). The van der Waals surface area contributed by atoms with E-state index in [0.717, 1.165) is 38.7 Å². The summed E-state index contributed by atoms with van der Waals surface area (Å²) in [5, 5.41) is 8.93. The lowest BCUT2D eigenvalue weighted by Gasteiger charge is -2.18. The maximum Gasteiger partial charge on any atom is 0.191 e. The monoisotopic (exact) mass is 466 g/mol. The van der Waals surface area contributed by atoms with Crippen LogP contribution in [-0.4, -0.2) is 50.1 Å². The Hall–Kier alpha value is -0.340. The van der Waals surface area contributed by atoms with Gasteiger partial charge in [-0.2, -0.15) is 0 Å². The lowest BCUT2D eigenvalue weighted by Crippen LogP contribution is -2.38. The third-order valence-corrected chi connectivity index (χ3v) is 5.09. The summed E-state index contributed by atoms with van der Waals surface area (Å²) in [6.45, 7) is 15.0. The maximum absolute atomic E-state index is 4.73. The second kappa shape index (κ2) is 15.0. The van der Waals surface area contributed by atoms with Gasteiger partial charge >= 0.3 is 0 Å². The van der Waals surface area contributed by atoms with Crippen LogP contribution in [-0.2, 0) is 0 Å². The van der Waals surface area contributed by atoms with Gasteiger partial charge in [0.25, 0.3) is 0 Å². The van der Waals surface area contributed by atoms with E-state index in [1.807, 2.05) is 11.3 Å². The van der Waals surface area contributed by atoms with E-state index in [0.29, 0.717) is 5.92 Å². The molecular weight excluding hydrogens is 431 g/mol. The second-order valence-electron chi connectivity index (χ2n) is 5.80. The zero-order chi connectivity index (χ0) is 16.9. The first kappa shape index (κ1) is 23.7. The van der Waals surface area contributed by atoms with Crippen molar-refractivity contribution in [3.63, 3.8) is 0 Å². The van der Waals surface area contributed by atoms with Crippen molar-refractivity contribution in [1.29, 1.82) is 0 Å². The largest absolute Gasteiger partial charge is 0.357 e. The highest BCUT2D eigenvalue weighted by atomic mass is 127. The Kier molecular flexibility index (Phi) is 14.7. The first-order chi connectivity index (χ1) is 11.2. The molecule has 4 nitrogen and oxygen atoms in total. The Morgan fingerprint density at radius 2 is 1.96 bits per heavy atom. The number of halogens is 1. The molecule has 0 aliphatic carbocycles. The number of nitrogens with one attached hydrogen (secondary N) is 2. The number of nitrogens with zero attached hydrogens (tertiary/aromatic N) is 2. The van der Waals surface area contributed by atoms with Gasteiger partial charge in [0.05, 0.1) is 6.54 Å². The summed E-state index contributed by atoms with van der Waals surface area (Å²) in [6, 6.07) is 4.30. The van der Waals surface area contributed by atoms with E-state index >= 15 is 0 Å². The van der Waals surface area contributed by atoms with E-state index in [1.165, 1.54) is 24.3 Å². The van der Waals surface area contributed by atoms with Crippen LogP contribution in [0, 0.1) is 0 Å². The first-order valence-corrected chi connectivity index (χ1v) is 9.87. The molecule has 1 atom stereocenters. The van der Waals surface area contributed by atoms with E-state index in [-0.39, 0.29) is 24.0 Å². The molecule has 0 aromatic carbocycles. The lowest BCUT2D eigenvalue weighted by molar-refractivity contribution is 0.297. The third-order valence-electron chi connectivity index (χ3n) is 3.98. The van der Waals surface area contributed by atoms with Gasteiger partial charge in [-0.05, 0) is 50.8 Å². The minimum Gasteiger partial charge on any atom is -0.357 e. The summed E-state index contributed by atoms with van der Waals surface area (Å²) in [4.78, 5) is 8.61. The number of aliphatic imine (C=N–C) groups is 1. The summed E-state index contributed by atoms with van der Waals surface area (Å²) in [5.41, 5.74) is 0. The highest BCUT2D eigenvalue weighted by molar-refractivity contribution is 14.0. The maximum atomic E-state index is 4.73. The molecule has 140 valence electrons. The van der Waals surface area contributed by atoms with E-state index < -0.39 is 0 Å². The summed E-state index contributed by atoms with van der Waals surface area (Å²) >= 11 is 1.81. The molecule has 0 amide bonds.